The van der Waals surface area contributed by atoms with Gasteiger partial charge in [-0.2, -0.15) is 0 Å². The highest BCUT2D eigenvalue weighted by Gasteiger charge is 2.29. The zero-order valence-corrected chi connectivity index (χ0v) is 13.8. The minimum atomic E-state index is -0.881. The molecule has 4 heteroatoms. The highest BCUT2D eigenvalue weighted by Crippen LogP contribution is 2.27. The van der Waals surface area contributed by atoms with Gasteiger partial charge in [0.2, 0.25) is 0 Å². The van der Waals surface area contributed by atoms with Crippen LogP contribution in [-0.2, 0) is 16.0 Å². The monoisotopic (exact) mass is 305 g/mol. The molecule has 1 amide bonds. The first-order valence-corrected chi connectivity index (χ1v) is 8.08. The molecule has 2 rings (SSSR count). The summed E-state index contributed by atoms with van der Waals surface area (Å²) in [6.45, 7) is 6.83. The number of fused-ring (bicyclic) bond motifs is 1. The van der Waals surface area contributed by atoms with E-state index >= 15 is 0 Å². The molecule has 1 aliphatic rings. The van der Waals surface area contributed by atoms with Gasteiger partial charge in [-0.3, -0.25) is 4.79 Å². The lowest BCUT2D eigenvalue weighted by Gasteiger charge is -2.28. The van der Waals surface area contributed by atoms with Crippen LogP contribution in [0.15, 0.2) is 24.3 Å². The summed E-state index contributed by atoms with van der Waals surface area (Å²) in [5.41, 5.74) is 1.22. The van der Waals surface area contributed by atoms with E-state index in [0.717, 1.165) is 18.4 Å². The van der Waals surface area contributed by atoms with Gasteiger partial charge in [-0.05, 0) is 43.2 Å². The Morgan fingerprint density at radius 2 is 2.18 bits per heavy atom. The average Bonchev–Trinajstić information content (AvgIpc) is 2.50. The second-order valence-electron chi connectivity index (χ2n) is 6.85. The zero-order chi connectivity index (χ0) is 16.2. The van der Waals surface area contributed by atoms with Crippen molar-refractivity contribution in [3.63, 3.8) is 0 Å². The fourth-order valence-electron chi connectivity index (χ4n) is 2.67. The normalized spacial score (nSPS) is 20.3. The summed E-state index contributed by atoms with van der Waals surface area (Å²) in [7, 11) is 0. The maximum absolute atomic E-state index is 12.4. The van der Waals surface area contributed by atoms with Gasteiger partial charge < -0.3 is 15.2 Å². The van der Waals surface area contributed by atoms with Gasteiger partial charge in [0.05, 0.1) is 12.2 Å². The molecule has 0 bridgehead atoms. The van der Waals surface area contributed by atoms with E-state index in [4.69, 9.17) is 4.74 Å². The van der Waals surface area contributed by atoms with Gasteiger partial charge >= 0.3 is 0 Å². The molecular weight excluding hydrogens is 278 g/mol. The maximum atomic E-state index is 12.4. The molecular formula is C18H27NO3. The fraction of sp³-hybridized carbons (Fsp3) is 0.611. The Kier molecular flexibility index (Phi) is 5.59. The van der Waals surface area contributed by atoms with Gasteiger partial charge in [-0.15, -0.1) is 0 Å². The van der Waals surface area contributed by atoms with Crippen molar-refractivity contribution in [2.24, 2.45) is 5.92 Å². The van der Waals surface area contributed by atoms with Crippen LogP contribution in [0.4, 0.5) is 0 Å². The van der Waals surface area contributed by atoms with E-state index in [1.54, 1.807) is 6.92 Å². The second kappa shape index (κ2) is 7.25. The Bertz CT molecular complexity index is 511. The summed E-state index contributed by atoms with van der Waals surface area (Å²) < 4.78 is 5.64. The average molecular weight is 305 g/mol. The molecule has 2 N–H and O–H groups in total. The van der Waals surface area contributed by atoms with Crippen LogP contribution in [0.2, 0.25) is 0 Å². The van der Waals surface area contributed by atoms with Crippen LogP contribution in [0.3, 0.4) is 0 Å². The molecule has 0 aromatic heterocycles. The smallest absolute Gasteiger partial charge is 0.253 e. The largest absolute Gasteiger partial charge is 0.388 e. The molecule has 4 nitrogen and oxygen atoms in total. The Morgan fingerprint density at radius 3 is 2.91 bits per heavy atom. The van der Waals surface area contributed by atoms with Crippen LogP contribution in [0.25, 0.3) is 0 Å². The standard InChI is InChI=1S/C18H27NO3/c1-13(2)8-10-18(3,21)12-19-17(20)16-15-7-5-4-6-14(15)9-11-22-16/h4-7,13,16,21H,8-12H2,1-3H3,(H,19,20). The van der Waals surface area contributed by atoms with Crippen molar-refractivity contribution in [2.75, 3.05) is 13.2 Å². The van der Waals surface area contributed by atoms with Crippen LogP contribution in [0.1, 0.15) is 50.8 Å². The molecule has 1 heterocycles. The SMILES string of the molecule is CC(C)CCC(C)(O)CNC(=O)C1OCCc2ccccc21. The number of carbonyl (C=O) groups excluding carboxylic acids is 1. The Hall–Kier alpha value is -1.39. The highest BCUT2D eigenvalue weighted by molar-refractivity contribution is 5.82. The topological polar surface area (TPSA) is 58.6 Å². The van der Waals surface area contributed by atoms with Gasteiger partial charge in [0.1, 0.15) is 0 Å². The summed E-state index contributed by atoms with van der Waals surface area (Å²) in [6, 6.07) is 7.88. The van der Waals surface area contributed by atoms with Crippen LogP contribution in [0.5, 0.6) is 0 Å². The molecule has 122 valence electrons. The number of ether oxygens (including phenoxy) is 1. The lowest BCUT2D eigenvalue weighted by molar-refractivity contribution is -0.135. The molecule has 22 heavy (non-hydrogen) atoms. The van der Waals surface area contributed by atoms with Crippen LogP contribution >= 0.6 is 0 Å². The van der Waals surface area contributed by atoms with Crippen molar-refractivity contribution in [2.45, 2.75) is 51.7 Å². The van der Waals surface area contributed by atoms with Crippen molar-refractivity contribution >= 4 is 5.91 Å². The van der Waals surface area contributed by atoms with Crippen molar-refractivity contribution in [1.82, 2.24) is 5.32 Å². The minimum Gasteiger partial charge on any atom is -0.388 e. The first-order chi connectivity index (χ1) is 10.4. The van der Waals surface area contributed by atoms with Gasteiger partial charge in [0.25, 0.3) is 5.91 Å². The lowest BCUT2D eigenvalue weighted by atomic mass is 9.94. The number of rotatable bonds is 6. The Balaban J connectivity index is 1.93. The van der Waals surface area contributed by atoms with E-state index in [9.17, 15) is 9.90 Å². The molecule has 0 saturated carbocycles. The third-order valence-electron chi connectivity index (χ3n) is 4.14. The molecule has 1 aromatic rings. The van der Waals surface area contributed by atoms with Gasteiger partial charge in [-0.25, -0.2) is 0 Å². The maximum Gasteiger partial charge on any atom is 0.253 e. The number of hydrogen-bond donors (Lipinski definition) is 2. The van der Waals surface area contributed by atoms with Gasteiger partial charge in [-0.1, -0.05) is 38.1 Å². The predicted molar refractivity (Wildman–Crippen MR) is 86.5 cm³/mol. The van der Waals surface area contributed by atoms with Crippen molar-refractivity contribution in [1.29, 1.82) is 0 Å². The van der Waals surface area contributed by atoms with E-state index in [1.807, 2.05) is 24.3 Å². The quantitative estimate of drug-likeness (QED) is 0.849. The third kappa shape index (κ3) is 4.55. The summed E-state index contributed by atoms with van der Waals surface area (Å²) in [5, 5.41) is 13.2. The van der Waals surface area contributed by atoms with Crippen LogP contribution in [-0.4, -0.2) is 29.8 Å². The molecule has 0 radical (unpaired) electrons. The van der Waals surface area contributed by atoms with Crippen LogP contribution < -0.4 is 5.32 Å². The number of hydrogen-bond acceptors (Lipinski definition) is 3. The van der Waals surface area contributed by atoms with Crippen LogP contribution in [0, 0.1) is 5.92 Å². The molecule has 1 aliphatic heterocycles. The molecule has 1 aromatic carbocycles. The number of aliphatic hydroxyl groups is 1. The first-order valence-electron chi connectivity index (χ1n) is 8.08. The summed E-state index contributed by atoms with van der Waals surface area (Å²) in [5.74, 6) is 0.368. The highest BCUT2D eigenvalue weighted by atomic mass is 16.5. The minimum absolute atomic E-state index is 0.169. The third-order valence-corrected chi connectivity index (χ3v) is 4.14. The molecule has 0 saturated heterocycles. The van der Waals surface area contributed by atoms with Crippen molar-refractivity contribution < 1.29 is 14.6 Å². The Labute approximate surface area is 132 Å². The number of amides is 1. The number of nitrogens with one attached hydrogen (secondary N) is 1. The summed E-state index contributed by atoms with van der Waals surface area (Å²) in [6.07, 6.45) is 1.89. The molecule has 2 unspecified atom stereocenters. The summed E-state index contributed by atoms with van der Waals surface area (Å²) in [4.78, 5) is 12.4. The van der Waals surface area contributed by atoms with Crippen molar-refractivity contribution in [3.8, 4) is 0 Å². The van der Waals surface area contributed by atoms with E-state index in [-0.39, 0.29) is 12.5 Å². The molecule has 0 aliphatic carbocycles. The number of benzene rings is 1. The number of carbonyl (C=O) groups is 1. The van der Waals surface area contributed by atoms with Gasteiger partial charge in [0, 0.05) is 6.54 Å². The molecule has 0 fully saturated rings. The lowest BCUT2D eigenvalue weighted by Crippen LogP contribution is -2.43. The van der Waals surface area contributed by atoms with E-state index < -0.39 is 11.7 Å². The molecule has 0 spiro atoms. The van der Waals surface area contributed by atoms with Gasteiger partial charge in [0.15, 0.2) is 6.10 Å². The zero-order valence-electron chi connectivity index (χ0n) is 13.8. The predicted octanol–water partition coefficient (Wildman–Crippen LogP) is 2.60. The summed E-state index contributed by atoms with van der Waals surface area (Å²) >= 11 is 0. The molecule has 2 atom stereocenters. The first kappa shape index (κ1) is 17.0. The Morgan fingerprint density at radius 1 is 1.45 bits per heavy atom. The van der Waals surface area contributed by atoms with E-state index in [1.165, 1.54) is 5.56 Å². The van der Waals surface area contributed by atoms with Crippen molar-refractivity contribution in [3.05, 3.63) is 35.4 Å². The second-order valence-corrected chi connectivity index (χ2v) is 6.85. The van der Waals surface area contributed by atoms with E-state index in [2.05, 4.69) is 19.2 Å². The fourth-order valence-corrected chi connectivity index (χ4v) is 2.67. The van der Waals surface area contributed by atoms with E-state index in [0.29, 0.717) is 18.9 Å².